The van der Waals surface area contributed by atoms with E-state index < -0.39 is 12.3 Å². The number of piperazine rings is 1. The van der Waals surface area contributed by atoms with E-state index in [1.807, 2.05) is 12.1 Å². The molecule has 1 amide bonds. The average molecular weight is 672 g/mol. The van der Waals surface area contributed by atoms with Gasteiger partial charge in [0.05, 0.1) is 44.1 Å². The van der Waals surface area contributed by atoms with Gasteiger partial charge in [0.15, 0.2) is 12.0 Å². The maximum atomic E-state index is 15.3. The van der Waals surface area contributed by atoms with Crippen molar-refractivity contribution in [2.45, 2.75) is 50.0 Å². The van der Waals surface area contributed by atoms with Crippen LogP contribution in [0.15, 0.2) is 48.8 Å². The Bertz CT molecular complexity index is 1620. The Kier molecular flexibility index (Phi) is 10.4. The molecule has 0 spiro atoms. The van der Waals surface area contributed by atoms with Gasteiger partial charge in [0.25, 0.3) is 0 Å². The van der Waals surface area contributed by atoms with Crippen LogP contribution in [0, 0.1) is 11.3 Å². The van der Waals surface area contributed by atoms with E-state index in [-0.39, 0.29) is 29.8 Å². The first-order valence-corrected chi connectivity index (χ1v) is 17.1. The number of amides is 1. The van der Waals surface area contributed by atoms with Gasteiger partial charge < -0.3 is 29.3 Å². The summed E-state index contributed by atoms with van der Waals surface area (Å²) in [6.45, 7) is 7.04. The van der Waals surface area contributed by atoms with E-state index in [4.69, 9.17) is 14.2 Å². The summed E-state index contributed by atoms with van der Waals surface area (Å²) in [6.07, 6.45) is 2.06. The molecular weight excluding hydrogens is 629 g/mol. The minimum Gasteiger partial charge on any atom is -0.486 e. The molecular formula is C35H42FN9O4. The predicted molar refractivity (Wildman–Crippen MR) is 180 cm³/mol. The lowest BCUT2D eigenvalue weighted by Gasteiger charge is -2.43. The molecule has 0 bridgehead atoms. The molecule has 4 aliphatic rings. The van der Waals surface area contributed by atoms with Crippen LogP contribution in [0.4, 0.5) is 21.7 Å². The van der Waals surface area contributed by atoms with Crippen LogP contribution in [-0.2, 0) is 14.3 Å². The Labute approximate surface area is 285 Å². The lowest BCUT2D eigenvalue weighted by molar-refractivity contribution is -0.138. The van der Waals surface area contributed by atoms with Crippen molar-refractivity contribution < 1.29 is 23.4 Å². The molecule has 1 unspecified atom stereocenters. The summed E-state index contributed by atoms with van der Waals surface area (Å²) in [5, 5.41) is 16.3. The summed E-state index contributed by atoms with van der Waals surface area (Å²) in [5.74, 6) is 0.928. The Balaban J connectivity index is 0.944. The average Bonchev–Trinajstić information content (AvgIpc) is 3.09. The van der Waals surface area contributed by atoms with E-state index in [0.717, 1.165) is 57.9 Å². The number of nitrogens with zero attached hydrogens (tertiary/aromatic N) is 7. The molecule has 4 saturated heterocycles. The zero-order valence-electron chi connectivity index (χ0n) is 27.5. The summed E-state index contributed by atoms with van der Waals surface area (Å²) < 4.78 is 32.2. The van der Waals surface area contributed by atoms with Gasteiger partial charge in [-0.1, -0.05) is 0 Å². The highest BCUT2D eigenvalue weighted by Gasteiger charge is 2.36. The molecule has 3 atom stereocenters. The number of rotatable bonds is 8. The van der Waals surface area contributed by atoms with Crippen molar-refractivity contribution in [1.29, 1.82) is 5.26 Å². The van der Waals surface area contributed by atoms with Crippen LogP contribution in [0.3, 0.4) is 0 Å². The summed E-state index contributed by atoms with van der Waals surface area (Å²) in [5.41, 5.74) is 2.87. The van der Waals surface area contributed by atoms with Crippen molar-refractivity contribution >= 4 is 23.2 Å². The highest BCUT2D eigenvalue weighted by atomic mass is 19.1. The molecule has 4 fully saturated rings. The fraction of sp³-hybridized carbons (Fsp3) is 0.514. The maximum Gasteiger partial charge on any atom is 0.239 e. The van der Waals surface area contributed by atoms with Crippen LogP contribution in [0.2, 0.25) is 0 Å². The summed E-state index contributed by atoms with van der Waals surface area (Å²) in [6, 6.07) is 15.6. The van der Waals surface area contributed by atoms with Crippen LogP contribution in [0.25, 0.3) is 11.4 Å². The first kappa shape index (κ1) is 33.1. The number of hydrogen-bond acceptors (Lipinski definition) is 12. The number of anilines is 3. The van der Waals surface area contributed by atoms with Gasteiger partial charge in [-0.3, -0.25) is 15.0 Å². The molecule has 3 aromatic rings. The molecule has 0 radical (unpaired) electrons. The molecule has 1 aromatic heterocycles. The van der Waals surface area contributed by atoms with Crippen LogP contribution in [-0.4, -0.2) is 121 Å². The lowest BCUT2D eigenvalue weighted by Crippen LogP contribution is -2.56. The summed E-state index contributed by atoms with van der Waals surface area (Å²) in [7, 11) is 0. The van der Waals surface area contributed by atoms with Gasteiger partial charge in [0, 0.05) is 62.7 Å². The third-order valence-electron chi connectivity index (χ3n) is 9.70. The first-order valence-electron chi connectivity index (χ1n) is 17.1. The smallest absolute Gasteiger partial charge is 0.239 e. The van der Waals surface area contributed by atoms with Crippen LogP contribution in [0.5, 0.6) is 5.75 Å². The van der Waals surface area contributed by atoms with E-state index >= 15 is 4.39 Å². The number of benzene rings is 2. The molecule has 5 heterocycles. The van der Waals surface area contributed by atoms with Crippen molar-refractivity contribution in [3.63, 3.8) is 0 Å². The van der Waals surface area contributed by atoms with Gasteiger partial charge in [0.2, 0.25) is 11.9 Å². The maximum absolute atomic E-state index is 15.3. The van der Waals surface area contributed by atoms with Crippen molar-refractivity contribution in [2.75, 3.05) is 76.0 Å². The standard InChI is InChI=1S/C35H42FN9O4/c36-29-19-45(34(46)30-3-1-2-16-47-23-40-30)11-10-32(29)49-31-9-4-24(17-25(31)18-37)33-38-22-39-35(42-33)41-26-5-7-27(8-6-26)43-12-14-44(15-13-43)28-20-48-21-28/h4-9,17,22,28-30,32,40H,1-3,10-16,19-21,23H2,(H,38,39,41,42)/t29-,30?,32+/m1/s1. The number of hydrogen-bond donors (Lipinski definition) is 2. The van der Waals surface area contributed by atoms with Gasteiger partial charge in [-0.15, -0.1) is 0 Å². The molecule has 49 heavy (non-hydrogen) atoms. The SMILES string of the molecule is N#Cc1cc(-c2ncnc(Nc3ccc(N4CCN(C5COC5)CC4)cc3)n2)ccc1O[C@H]1CCN(C(=O)C2CCCCOCN2)C[C@H]1F. The Morgan fingerprint density at radius 3 is 2.61 bits per heavy atom. The Morgan fingerprint density at radius 2 is 1.86 bits per heavy atom. The van der Waals surface area contributed by atoms with Crippen LogP contribution >= 0.6 is 0 Å². The number of alkyl halides is 1. The molecule has 4 aliphatic heterocycles. The minimum atomic E-state index is -1.39. The molecule has 2 N–H and O–H groups in total. The molecule has 13 nitrogen and oxygen atoms in total. The highest BCUT2D eigenvalue weighted by molar-refractivity contribution is 5.82. The van der Waals surface area contributed by atoms with E-state index in [1.54, 1.807) is 23.1 Å². The van der Waals surface area contributed by atoms with Crippen molar-refractivity contribution in [3.8, 4) is 23.2 Å². The molecule has 2 aromatic carbocycles. The Hall–Kier alpha value is -4.42. The predicted octanol–water partition coefficient (Wildman–Crippen LogP) is 3.11. The number of carbonyl (C=O) groups is 1. The van der Waals surface area contributed by atoms with Crippen molar-refractivity contribution in [3.05, 3.63) is 54.4 Å². The largest absolute Gasteiger partial charge is 0.486 e. The number of carbonyl (C=O) groups excluding carboxylic acids is 1. The monoisotopic (exact) mass is 671 g/mol. The summed E-state index contributed by atoms with van der Waals surface area (Å²) in [4.78, 5) is 32.7. The molecule has 0 aliphatic carbocycles. The highest BCUT2D eigenvalue weighted by Crippen LogP contribution is 2.29. The first-order chi connectivity index (χ1) is 24.0. The number of ether oxygens (including phenoxy) is 3. The van der Waals surface area contributed by atoms with Gasteiger partial charge >= 0.3 is 0 Å². The Morgan fingerprint density at radius 1 is 1.02 bits per heavy atom. The van der Waals surface area contributed by atoms with Crippen LogP contribution < -0.4 is 20.3 Å². The number of halogens is 1. The van der Waals surface area contributed by atoms with Crippen LogP contribution in [0.1, 0.15) is 31.2 Å². The van der Waals surface area contributed by atoms with Crippen molar-refractivity contribution in [2.24, 2.45) is 0 Å². The number of likely N-dealkylation sites (tertiary alicyclic amines) is 1. The zero-order valence-corrected chi connectivity index (χ0v) is 27.5. The van der Waals surface area contributed by atoms with E-state index in [2.05, 4.69) is 53.6 Å². The van der Waals surface area contributed by atoms with E-state index in [1.165, 1.54) is 12.0 Å². The van der Waals surface area contributed by atoms with Gasteiger partial charge in [0.1, 0.15) is 24.3 Å². The van der Waals surface area contributed by atoms with Crippen molar-refractivity contribution in [1.82, 2.24) is 30.1 Å². The number of aromatic nitrogens is 3. The molecule has 7 rings (SSSR count). The van der Waals surface area contributed by atoms with E-state index in [9.17, 15) is 10.1 Å². The fourth-order valence-corrected chi connectivity index (χ4v) is 6.72. The molecule has 0 saturated carbocycles. The normalized spacial score (nSPS) is 23.9. The van der Waals surface area contributed by atoms with Gasteiger partial charge in [-0.2, -0.15) is 10.2 Å². The fourth-order valence-electron chi connectivity index (χ4n) is 6.72. The van der Waals surface area contributed by atoms with Gasteiger partial charge in [-0.05, 0) is 61.7 Å². The summed E-state index contributed by atoms with van der Waals surface area (Å²) >= 11 is 0. The third kappa shape index (κ3) is 7.91. The second kappa shape index (κ2) is 15.4. The zero-order chi connectivity index (χ0) is 33.6. The quantitative estimate of drug-likeness (QED) is 0.364. The topological polar surface area (TPSA) is 141 Å². The second-order valence-corrected chi connectivity index (χ2v) is 12.9. The lowest BCUT2D eigenvalue weighted by atomic mass is 10.0. The van der Waals surface area contributed by atoms with E-state index in [0.29, 0.717) is 56.1 Å². The molecule has 258 valence electrons. The number of nitrogens with one attached hydrogen (secondary N) is 2. The number of piperidine rings is 1. The third-order valence-corrected chi connectivity index (χ3v) is 9.70. The number of nitriles is 1. The molecule has 14 heteroatoms. The van der Waals surface area contributed by atoms with Gasteiger partial charge in [-0.25, -0.2) is 14.4 Å². The minimum absolute atomic E-state index is 0.0561. The second-order valence-electron chi connectivity index (χ2n) is 12.9.